The Morgan fingerprint density at radius 2 is 1.35 bits per heavy atom. The van der Waals surface area contributed by atoms with E-state index in [1.807, 2.05) is 0 Å². The summed E-state index contributed by atoms with van der Waals surface area (Å²) in [6.07, 6.45) is 11.7. The predicted octanol–water partition coefficient (Wildman–Crippen LogP) is 3.75. The molecule has 0 bridgehead atoms. The first-order chi connectivity index (χ1) is 9.54. The number of hydrogen-bond acceptors (Lipinski definition) is 2. The molecule has 0 saturated carbocycles. The number of hydrogen-bond donors (Lipinski definition) is 1. The maximum Gasteiger partial charge on any atom is 0.246 e. The smallest absolute Gasteiger partial charge is 0.246 e. The van der Waals surface area contributed by atoms with Crippen LogP contribution in [-0.2, 0) is 4.79 Å². The van der Waals surface area contributed by atoms with Crippen LogP contribution in [-0.4, -0.2) is 38.0 Å². The molecule has 3 heteroatoms. The lowest BCUT2D eigenvalue weighted by molar-refractivity contribution is -0.117. The van der Waals surface area contributed by atoms with Gasteiger partial charge in [-0.15, -0.1) is 0 Å². The second-order valence-electron chi connectivity index (χ2n) is 6.02. The van der Waals surface area contributed by atoms with E-state index in [2.05, 4.69) is 30.9 Å². The predicted molar refractivity (Wildman–Crippen MR) is 87.9 cm³/mol. The lowest BCUT2D eigenvalue weighted by Gasteiger charge is -2.08. The van der Waals surface area contributed by atoms with Gasteiger partial charge >= 0.3 is 0 Å². The molecule has 20 heavy (non-hydrogen) atoms. The minimum atomic E-state index is -0.0114. The van der Waals surface area contributed by atoms with Gasteiger partial charge in [0.1, 0.15) is 0 Å². The van der Waals surface area contributed by atoms with E-state index in [4.69, 9.17) is 0 Å². The Morgan fingerprint density at radius 1 is 0.900 bits per heavy atom. The summed E-state index contributed by atoms with van der Waals surface area (Å²) in [5, 5.41) is 2.87. The number of nitrogens with one attached hydrogen (secondary N) is 1. The molecule has 0 saturated heterocycles. The van der Waals surface area contributed by atoms with E-state index in [1.165, 1.54) is 57.9 Å². The van der Waals surface area contributed by atoms with Crippen molar-refractivity contribution in [3.63, 3.8) is 0 Å². The maximum atomic E-state index is 11.2. The summed E-state index contributed by atoms with van der Waals surface area (Å²) in [6, 6.07) is 0. The van der Waals surface area contributed by atoms with E-state index >= 15 is 0 Å². The van der Waals surface area contributed by atoms with Crippen LogP contribution in [0.1, 0.15) is 64.7 Å². The van der Waals surface area contributed by atoms with Gasteiger partial charge in [0, 0.05) is 12.1 Å². The Bertz CT molecular complexity index is 262. The molecule has 0 rings (SSSR count). The van der Waals surface area contributed by atoms with Crippen molar-refractivity contribution >= 4 is 5.91 Å². The molecular weight excluding hydrogens is 248 g/mol. The molecular formula is C17H34N2O. The lowest BCUT2D eigenvalue weighted by Crippen LogP contribution is -2.24. The van der Waals surface area contributed by atoms with Crippen LogP contribution in [0.25, 0.3) is 0 Å². The molecule has 0 aromatic rings. The van der Waals surface area contributed by atoms with Crippen LogP contribution in [0.5, 0.6) is 0 Å². The second-order valence-corrected chi connectivity index (χ2v) is 6.02. The van der Waals surface area contributed by atoms with E-state index in [1.54, 1.807) is 6.92 Å². The monoisotopic (exact) mass is 282 g/mol. The molecule has 0 aliphatic carbocycles. The zero-order valence-electron chi connectivity index (χ0n) is 13.8. The topological polar surface area (TPSA) is 32.3 Å². The van der Waals surface area contributed by atoms with Gasteiger partial charge < -0.3 is 10.2 Å². The van der Waals surface area contributed by atoms with Crippen LogP contribution in [0.4, 0.5) is 0 Å². The number of carbonyl (C=O) groups is 1. The molecule has 0 fully saturated rings. The van der Waals surface area contributed by atoms with Gasteiger partial charge in [-0.1, -0.05) is 51.5 Å². The van der Waals surface area contributed by atoms with Gasteiger partial charge in [-0.3, -0.25) is 4.79 Å². The Hall–Kier alpha value is -0.830. The average molecular weight is 282 g/mol. The minimum absolute atomic E-state index is 0.0114. The normalized spacial score (nSPS) is 10.8. The molecule has 0 aliphatic rings. The fourth-order valence-electron chi connectivity index (χ4n) is 2.14. The molecule has 0 aromatic heterocycles. The average Bonchev–Trinajstić information content (AvgIpc) is 2.39. The molecule has 0 heterocycles. The van der Waals surface area contributed by atoms with Crippen LogP contribution in [0.2, 0.25) is 0 Å². The summed E-state index contributed by atoms with van der Waals surface area (Å²) < 4.78 is 0. The highest BCUT2D eigenvalue weighted by molar-refractivity contribution is 5.91. The summed E-state index contributed by atoms with van der Waals surface area (Å²) >= 11 is 0. The van der Waals surface area contributed by atoms with Gasteiger partial charge in [0.15, 0.2) is 0 Å². The van der Waals surface area contributed by atoms with Crippen molar-refractivity contribution in [2.24, 2.45) is 0 Å². The van der Waals surface area contributed by atoms with Crippen LogP contribution in [0.3, 0.4) is 0 Å². The van der Waals surface area contributed by atoms with E-state index in [9.17, 15) is 4.79 Å². The van der Waals surface area contributed by atoms with Gasteiger partial charge in [-0.05, 0) is 40.4 Å². The highest BCUT2D eigenvalue weighted by Gasteiger charge is 1.99. The van der Waals surface area contributed by atoms with Crippen molar-refractivity contribution in [1.82, 2.24) is 10.2 Å². The van der Waals surface area contributed by atoms with E-state index < -0.39 is 0 Å². The van der Waals surface area contributed by atoms with Gasteiger partial charge in [0.25, 0.3) is 0 Å². The van der Waals surface area contributed by atoms with Crippen molar-refractivity contribution in [2.45, 2.75) is 64.7 Å². The van der Waals surface area contributed by atoms with Crippen LogP contribution in [0.15, 0.2) is 12.2 Å². The van der Waals surface area contributed by atoms with Gasteiger partial charge in [-0.2, -0.15) is 0 Å². The van der Waals surface area contributed by atoms with Crippen LogP contribution >= 0.6 is 0 Å². The molecule has 0 atom stereocenters. The zero-order valence-corrected chi connectivity index (χ0v) is 13.8. The molecule has 1 N–H and O–H groups in total. The quantitative estimate of drug-likeness (QED) is 0.412. The third-order valence-corrected chi connectivity index (χ3v) is 3.46. The number of unbranched alkanes of at least 4 members (excludes halogenated alkanes) is 8. The van der Waals surface area contributed by atoms with E-state index in [0.29, 0.717) is 5.57 Å². The molecule has 0 unspecified atom stereocenters. The third kappa shape index (κ3) is 13.6. The lowest BCUT2D eigenvalue weighted by atomic mass is 10.1. The number of rotatable bonds is 13. The first-order valence-electron chi connectivity index (χ1n) is 8.12. The number of carbonyl (C=O) groups excluding carboxylic acids is 1. The summed E-state index contributed by atoms with van der Waals surface area (Å²) in [5.41, 5.74) is 0.597. The Balaban J connectivity index is 3.10. The minimum Gasteiger partial charge on any atom is -0.352 e. The summed E-state index contributed by atoms with van der Waals surface area (Å²) in [5.74, 6) is -0.0114. The highest BCUT2D eigenvalue weighted by Crippen LogP contribution is 2.09. The first kappa shape index (κ1) is 19.2. The standard InChI is InChI=1S/C17H34N2O/c1-16(2)17(20)18-14-12-10-8-6-5-7-9-11-13-15-19(3)4/h1,5-15H2,2-4H3,(H,18,20). The molecule has 0 radical (unpaired) electrons. The van der Waals surface area contributed by atoms with Crippen molar-refractivity contribution in [3.05, 3.63) is 12.2 Å². The summed E-state index contributed by atoms with van der Waals surface area (Å²) in [7, 11) is 4.28. The molecule has 3 nitrogen and oxygen atoms in total. The molecule has 0 aliphatic heterocycles. The summed E-state index contributed by atoms with van der Waals surface area (Å²) in [4.78, 5) is 13.5. The Morgan fingerprint density at radius 3 is 1.80 bits per heavy atom. The van der Waals surface area contributed by atoms with Crippen molar-refractivity contribution < 1.29 is 4.79 Å². The van der Waals surface area contributed by atoms with Gasteiger partial charge in [0.2, 0.25) is 5.91 Å². The SMILES string of the molecule is C=C(C)C(=O)NCCCCCCCCCCCN(C)C. The molecule has 1 amide bonds. The van der Waals surface area contributed by atoms with Gasteiger partial charge in [-0.25, -0.2) is 0 Å². The van der Waals surface area contributed by atoms with E-state index in [-0.39, 0.29) is 5.91 Å². The van der Waals surface area contributed by atoms with Crippen LogP contribution < -0.4 is 5.32 Å². The number of amides is 1. The first-order valence-corrected chi connectivity index (χ1v) is 8.12. The summed E-state index contributed by atoms with van der Waals surface area (Å²) in [6.45, 7) is 7.37. The van der Waals surface area contributed by atoms with Crippen molar-refractivity contribution in [1.29, 1.82) is 0 Å². The third-order valence-electron chi connectivity index (χ3n) is 3.46. The van der Waals surface area contributed by atoms with E-state index in [0.717, 1.165) is 13.0 Å². The largest absolute Gasteiger partial charge is 0.352 e. The maximum absolute atomic E-state index is 11.2. The van der Waals surface area contributed by atoms with Gasteiger partial charge in [0.05, 0.1) is 0 Å². The van der Waals surface area contributed by atoms with Crippen molar-refractivity contribution in [2.75, 3.05) is 27.2 Å². The van der Waals surface area contributed by atoms with Crippen molar-refractivity contribution in [3.8, 4) is 0 Å². The second kappa shape index (κ2) is 13.2. The zero-order chi connectivity index (χ0) is 15.2. The number of nitrogens with zero attached hydrogens (tertiary/aromatic N) is 1. The fraction of sp³-hybridized carbons (Fsp3) is 0.824. The Labute approximate surface area is 125 Å². The molecule has 118 valence electrons. The molecule has 0 aromatic carbocycles. The fourth-order valence-corrected chi connectivity index (χ4v) is 2.14. The highest BCUT2D eigenvalue weighted by atomic mass is 16.1. The molecule has 0 spiro atoms. The van der Waals surface area contributed by atoms with Crippen LogP contribution in [0, 0.1) is 0 Å². The Kier molecular flexibility index (Phi) is 12.6.